The van der Waals surface area contributed by atoms with Crippen LogP contribution in [0.1, 0.15) is 43.7 Å². The van der Waals surface area contributed by atoms with Crippen molar-refractivity contribution in [3.8, 4) is 17.2 Å². The summed E-state index contributed by atoms with van der Waals surface area (Å²) >= 11 is 0. The van der Waals surface area contributed by atoms with Crippen molar-refractivity contribution in [2.24, 2.45) is 10.8 Å². The Bertz CT molecular complexity index is 823. The number of para-hydroxylation sites is 1. The Hall–Kier alpha value is -3.22. The van der Waals surface area contributed by atoms with Gasteiger partial charge in [0.25, 0.3) is 0 Å². The molecule has 2 aromatic rings. The van der Waals surface area contributed by atoms with Crippen molar-refractivity contribution in [1.29, 1.82) is 0 Å². The molecule has 0 bridgehead atoms. The molecule has 2 amide bonds. The Kier molecular flexibility index (Phi) is 8.82. The minimum absolute atomic E-state index is 0.465. The smallest absolute Gasteiger partial charge is 0.332 e. The molecule has 2 aromatic carbocycles. The van der Waals surface area contributed by atoms with Gasteiger partial charge in [0, 0.05) is 6.42 Å². The van der Waals surface area contributed by atoms with Gasteiger partial charge in [-0.05, 0) is 47.7 Å². The predicted molar refractivity (Wildman–Crippen MR) is 114 cm³/mol. The molecule has 0 aliphatic carbocycles. The largest absolute Gasteiger partial charge is 0.493 e. The molecule has 0 saturated heterocycles. The topological polar surface area (TPSA) is 95.2 Å². The molecular formula is C22H29N3O4. The Morgan fingerprint density at radius 2 is 1.86 bits per heavy atom. The molecule has 7 heteroatoms. The Balaban J connectivity index is 1.85. The number of nitrogens with zero attached hydrogens (tertiary/aromatic N) is 1. The van der Waals surface area contributed by atoms with Crippen molar-refractivity contribution in [2.45, 2.75) is 32.6 Å². The van der Waals surface area contributed by atoms with Gasteiger partial charge >= 0.3 is 6.03 Å². The SMILES string of the molecule is CCC(C)c1ccccc1OCCCOc1ccc(C=NNC(N)=O)cc1OC. The van der Waals surface area contributed by atoms with E-state index in [0.29, 0.717) is 30.6 Å². The highest BCUT2D eigenvalue weighted by atomic mass is 16.5. The number of hydrogen-bond acceptors (Lipinski definition) is 5. The fraction of sp³-hybridized carbons (Fsp3) is 0.364. The molecule has 29 heavy (non-hydrogen) atoms. The van der Waals surface area contributed by atoms with E-state index in [4.69, 9.17) is 19.9 Å². The molecule has 156 valence electrons. The number of carbonyl (C=O) groups is 1. The van der Waals surface area contributed by atoms with Gasteiger partial charge in [0.1, 0.15) is 5.75 Å². The van der Waals surface area contributed by atoms with Gasteiger partial charge in [-0.15, -0.1) is 0 Å². The summed E-state index contributed by atoms with van der Waals surface area (Å²) in [4.78, 5) is 10.6. The fourth-order valence-corrected chi connectivity index (χ4v) is 2.72. The molecule has 0 spiro atoms. The van der Waals surface area contributed by atoms with Gasteiger partial charge in [0.05, 0.1) is 26.5 Å². The number of hydrazone groups is 1. The van der Waals surface area contributed by atoms with Gasteiger partial charge < -0.3 is 19.9 Å². The standard InChI is InChI=1S/C22H29N3O4/c1-4-16(2)18-8-5-6-9-19(18)28-12-7-13-29-20-11-10-17(14-21(20)27-3)15-24-25-22(23)26/h5-6,8-11,14-16H,4,7,12-13H2,1-3H3,(H3,23,25,26). The molecule has 0 aliphatic rings. The van der Waals surface area contributed by atoms with Crippen LogP contribution in [0.2, 0.25) is 0 Å². The molecular weight excluding hydrogens is 370 g/mol. The van der Waals surface area contributed by atoms with E-state index < -0.39 is 6.03 Å². The minimum atomic E-state index is -0.720. The summed E-state index contributed by atoms with van der Waals surface area (Å²) in [7, 11) is 1.57. The molecule has 0 aromatic heterocycles. The third kappa shape index (κ3) is 7.03. The van der Waals surface area contributed by atoms with Gasteiger partial charge in [0.2, 0.25) is 0 Å². The van der Waals surface area contributed by atoms with Gasteiger partial charge in [-0.3, -0.25) is 0 Å². The second-order valence-electron chi connectivity index (χ2n) is 6.54. The molecule has 1 unspecified atom stereocenters. The highest BCUT2D eigenvalue weighted by molar-refractivity contribution is 5.82. The first-order chi connectivity index (χ1) is 14.0. The molecule has 0 heterocycles. The third-order valence-electron chi connectivity index (χ3n) is 4.44. The van der Waals surface area contributed by atoms with Gasteiger partial charge in [-0.25, -0.2) is 10.2 Å². The monoisotopic (exact) mass is 399 g/mol. The van der Waals surface area contributed by atoms with Crippen LogP contribution in [-0.2, 0) is 0 Å². The lowest BCUT2D eigenvalue weighted by atomic mass is 9.98. The number of methoxy groups -OCH3 is 1. The lowest BCUT2D eigenvalue weighted by molar-refractivity contribution is 0.239. The van der Waals surface area contributed by atoms with Crippen LogP contribution in [0.3, 0.4) is 0 Å². The molecule has 0 fully saturated rings. The van der Waals surface area contributed by atoms with E-state index in [1.54, 1.807) is 19.2 Å². The fourth-order valence-electron chi connectivity index (χ4n) is 2.72. The average molecular weight is 399 g/mol. The van der Waals surface area contributed by atoms with Crippen LogP contribution in [0.25, 0.3) is 0 Å². The normalized spacial score (nSPS) is 11.8. The van der Waals surface area contributed by atoms with Crippen molar-refractivity contribution in [2.75, 3.05) is 20.3 Å². The number of rotatable bonds is 11. The third-order valence-corrected chi connectivity index (χ3v) is 4.44. The van der Waals surface area contributed by atoms with E-state index in [-0.39, 0.29) is 0 Å². The second-order valence-corrected chi connectivity index (χ2v) is 6.54. The molecule has 7 nitrogen and oxygen atoms in total. The summed E-state index contributed by atoms with van der Waals surface area (Å²) < 4.78 is 17.2. The van der Waals surface area contributed by atoms with E-state index in [1.807, 2.05) is 24.3 Å². The van der Waals surface area contributed by atoms with Crippen LogP contribution in [0.5, 0.6) is 17.2 Å². The summed E-state index contributed by atoms with van der Waals surface area (Å²) in [6, 6.07) is 12.8. The number of carbonyl (C=O) groups excluding carboxylic acids is 1. The number of nitrogens with one attached hydrogen (secondary N) is 1. The van der Waals surface area contributed by atoms with E-state index in [0.717, 1.165) is 24.2 Å². The Morgan fingerprint density at radius 1 is 1.14 bits per heavy atom. The second kappa shape index (κ2) is 11.6. The summed E-state index contributed by atoms with van der Waals surface area (Å²) in [5.41, 5.74) is 9.09. The van der Waals surface area contributed by atoms with Gasteiger partial charge in [0.15, 0.2) is 11.5 Å². The summed E-state index contributed by atoms with van der Waals surface area (Å²) in [6.45, 7) is 5.45. The van der Waals surface area contributed by atoms with Crippen LogP contribution in [0.15, 0.2) is 47.6 Å². The molecule has 0 aliphatic heterocycles. The molecule has 3 N–H and O–H groups in total. The molecule has 0 radical (unpaired) electrons. The van der Waals surface area contributed by atoms with Crippen molar-refractivity contribution in [3.05, 3.63) is 53.6 Å². The highest BCUT2D eigenvalue weighted by Gasteiger charge is 2.09. The van der Waals surface area contributed by atoms with E-state index in [2.05, 4.69) is 30.4 Å². The minimum Gasteiger partial charge on any atom is -0.493 e. The maximum atomic E-state index is 10.6. The summed E-state index contributed by atoms with van der Waals surface area (Å²) in [5.74, 6) is 2.61. The van der Waals surface area contributed by atoms with Gasteiger partial charge in [-0.2, -0.15) is 5.10 Å². The van der Waals surface area contributed by atoms with E-state index in [9.17, 15) is 4.79 Å². The number of amides is 2. The first-order valence-corrected chi connectivity index (χ1v) is 9.66. The van der Waals surface area contributed by atoms with Crippen LogP contribution < -0.4 is 25.4 Å². The molecule has 2 rings (SSSR count). The zero-order chi connectivity index (χ0) is 21.1. The summed E-state index contributed by atoms with van der Waals surface area (Å²) in [5, 5.41) is 3.72. The number of ether oxygens (including phenoxy) is 3. The highest BCUT2D eigenvalue weighted by Crippen LogP contribution is 2.29. The Labute approximate surface area is 171 Å². The first-order valence-electron chi connectivity index (χ1n) is 9.66. The van der Waals surface area contributed by atoms with E-state index in [1.165, 1.54) is 11.8 Å². The van der Waals surface area contributed by atoms with Gasteiger partial charge in [-0.1, -0.05) is 32.0 Å². The van der Waals surface area contributed by atoms with Crippen LogP contribution in [0.4, 0.5) is 4.79 Å². The summed E-state index contributed by atoms with van der Waals surface area (Å²) in [6.07, 6.45) is 3.28. The predicted octanol–water partition coefficient (Wildman–Crippen LogP) is 4.06. The number of urea groups is 1. The number of primary amides is 1. The zero-order valence-corrected chi connectivity index (χ0v) is 17.2. The average Bonchev–Trinajstić information content (AvgIpc) is 2.73. The van der Waals surface area contributed by atoms with Crippen molar-refractivity contribution in [3.63, 3.8) is 0 Å². The van der Waals surface area contributed by atoms with Crippen LogP contribution in [-0.4, -0.2) is 32.6 Å². The van der Waals surface area contributed by atoms with Crippen molar-refractivity contribution >= 4 is 12.2 Å². The van der Waals surface area contributed by atoms with E-state index >= 15 is 0 Å². The van der Waals surface area contributed by atoms with Crippen LogP contribution in [0, 0.1) is 0 Å². The number of benzene rings is 2. The van der Waals surface area contributed by atoms with Crippen molar-refractivity contribution in [1.82, 2.24) is 5.43 Å². The number of nitrogens with two attached hydrogens (primary N) is 1. The quantitative estimate of drug-likeness (QED) is 0.338. The zero-order valence-electron chi connectivity index (χ0n) is 17.2. The van der Waals surface area contributed by atoms with Crippen LogP contribution >= 0.6 is 0 Å². The maximum absolute atomic E-state index is 10.6. The lowest BCUT2D eigenvalue weighted by Gasteiger charge is -2.16. The lowest BCUT2D eigenvalue weighted by Crippen LogP contribution is -2.24. The number of hydrogen-bond donors (Lipinski definition) is 2. The maximum Gasteiger partial charge on any atom is 0.332 e. The van der Waals surface area contributed by atoms with Crippen molar-refractivity contribution < 1.29 is 19.0 Å². The molecule has 0 saturated carbocycles. The first kappa shape index (κ1) is 22.1. The Morgan fingerprint density at radius 3 is 2.55 bits per heavy atom. The molecule has 1 atom stereocenters.